The van der Waals surface area contributed by atoms with Gasteiger partial charge in [0.05, 0.1) is 5.56 Å². The molecule has 0 unspecified atom stereocenters. The van der Waals surface area contributed by atoms with Crippen molar-refractivity contribution in [2.24, 2.45) is 0 Å². The molecule has 0 aliphatic carbocycles. The first kappa shape index (κ1) is 10.7. The Labute approximate surface area is 87.7 Å². The van der Waals surface area contributed by atoms with Crippen molar-refractivity contribution < 1.29 is 9.90 Å². The van der Waals surface area contributed by atoms with Crippen LogP contribution in [0, 0.1) is 0 Å². The van der Waals surface area contributed by atoms with Crippen molar-refractivity contribution in [2.75, 3.05) is 11.5 Å². The van der Waals surface area contributed by atoms with Crippen LogP contribution in [0.25, 0.3) is 6.08 Å². The van der Waals surface area contributed by atoms with E-state index in [1.807, 2.05) is 0 Å². The maximum Gasteiger partial charge on any atom is 0.336 e. The minimum atomic E-state index is -0.976. The van der Waals surface area contributed by atoms with E-state index in [1.54, 1.807) is 24.3 Å². The van der Waals surface area contributed by atoms with Crippen molar-refractivity contribution in [3.8, 4) is 0 Å². The summed E-state index contributed by atoms with van der Waals surface area (Å²) < 4.78 is 0. The zero-order chi connectivity index (χ0) is 10.6. The molecule has 1 aromatic rings. The molecule has 0 spiro atoms. The Morgan fingerprint density at radius 2 is 2.29 bits per heavy atom. The van der Waals surface area contributed by atoms with Crippen LogP contribution >= 0.6 is 12.6 Å². The lowest BCUT2D eigenvalue weighted by atomic mass is 10.1. The van der Waals surface area contributed by atoms with Gasteiger partial charge in [0.25, 0.3) is 0 Å². The summed E-state index contributed by atoms with van der Waals surface area (Å²) in [4.78, 5) is 10.8. The number of thiol groups is 1. The van der Waals surface area contributed by atoms with E-state index in [0.29, 0.717) is 17.0 Å². The van der Waals surface area contributed by atoms with E-state index in [2.05, 4.69) is 12.6 Å². The average Bonchev–Trinajstić information content (AvgIpc) is 2.15. The Balaban J connectivity index is 3.15. The molecule has 0 aromatic heterocycles. The highest BCUT2D eigenvalue weighted by molar-refractivity contribution is 7.80. The molecule has 1 rings (SSSR count). The SMILES string of the molecule is Nc1ccc(C=CCS)c(C(=O)O)c1. The summed E-state index contributed by atoms with van der Waals surface area (Å²) in [7, 11) is 0. The lowest BCUT2D eigenvalue weighted by Crippen LogP contribution is -2.00. The molecule has 14 heavy (non-hydrogen) atoms. The van der Waals surface area contributed by atoms with Crippen LogP contribution in [0.3, 0.4) is 0 Å². The molecule has 0 saturated heterocycles. The number of rotatable bonds is 3. The quantitative estimate of drug-likeness (QED) is 0.526. The number of nitrogen functional groups attached to an aromatic ring is 1. The van der Waals surface area contributed by atoms with Gasteiger partial charge >= 0.3 is 5.97 Å². The Bertz CT molecular complexity index is 374. The van der Waals surface area contributed by atoms with Gasteiger partial charge in [-0.05, 0) is 17.7 Å². The summed E-state index contributed by atoms with van der Waals surface area (Å²) >= 11 is 4.00. The molecule has 0 saturated carbocycles. The highest BCUT2D eigenvalue weighted by atomic mass is 32.1. The summed E-state index contributed by atoms with van der Waals surface area (Å²) in [6.45, 7) is 0. The highest BCUT2D eigenvalue weighted by Crippen LogP contribution is 2.15. The Hall–Kier alpha value is -1.42. The molecule has 1 aromatic carbocycles. The summed E-state index contributed by atoms with van der Waals surface area (Å²) in [5.41, 5.74) is 6.79. The topological polar surface area (TPSA) is 63.3 Å². The first-order valence-electron chi connectivity index (χ1n) is 4.05. The number of anilines is 1. The van der Waals surface area contributed by atoms with Crippen LogP contribution < -0.4 is 5.73 Å². The fourth-order valence-corrected chi connectivity index (χ4v) is 1.19. The van der Waals surface area contributed by atoms with Crippen LogP contribution in [0.5, 0.6) is 0 Å². The molecule has 0 atom stereocenters. The largest absolute Gasteiger partial charge is 0.478 e. The highest BCUT2D eigenvalue weighted by Gasteiger charge is 2.07. The third kappa shape index (κ3) is 2.53. The van der Waals surface area contributed by atoms with E-state index in [1.165, 1.54) is 6.07 Å². The molecule has 3 N–H and O–H groups in total. The molecule has 0 aliphatic heterocycles. The van der Waals surface area contributed by atoms with Gasteiger partial charge in [0, 0.05) is 11.4 Å². The third-order valence-electron chi connectivity index (χ3n) is 1.71. The number of carbonyl (C=O) groups is 1. The number of benzene rings is 1. The summed E-state index contributed by atoms with van der Waals surface area (Å²) in [6, 6.07) is 4.80. The van der Waals surface area contributed by atoms with Gasteiger partial charge in [-0.2, -0.15) is 12.6 Å². The maximum absolute atomic E-state index is 10.8. The second-order valence-electron chi connectivity index (χ2n) is 2.74. The van der Waals surface area contributed by atoms with Crippen LogP contribution in [-0.4, -0.2) is 16.8 Å². The van der Waals surface area contributed by atoms with Crippen molar-refractivity contribution in [3.05, 3.63) is 35.4 Å². The minimum absolute atomic E-state index is 0.211. The van der Waals surface area contributed by atoms with Crippen molar-refractivity contribution in [1.29, 1.82) is 0 Å². The minimum Gasteiger partial charge on any atom is -0.478 e. The maximum atomic E-state index is 10.8. The van der Waals surface area contributed by atoms with Crippen LogP contribution in [0.2, 0.25) is 0 Å². The van der Waals surface area contributed by atoms with E-state index in [0.717, 1.165) is 0 Å². The predicted molar refractivity (Wildman–Crippen MR) is 60.7 cm³/mol. The van der Waals surface area contributed by atoms with Crippen molar-refractivity contribution in [1.82, 2.24) is 0 Å². The van der Waals surface area contributed by atoms with Crippen LogP contribution in [-0.2, 0) is 0 Å². The predicted octanol–water partition coefficient (Wildman–Crippen LogP) is 1.91. The normalized spacial score (nSPS) is 10.6. The molecule has 0 heterocycles. The molecule has 0 radical (unpaired) electrons. The summed E-state index contributed by atoms with van der Waals surface area (Å²) in [5.74, 6) is -0.403. The molecule has 0 fully saturated rings. The van der Waals surface area contributed by atoms with Crippen LogP contribution in [0.1, 0.15) is 15.9 Å². The number of nitrogens with two attached hydrogens (primary N) is 1. The molecule has 0 amide bonds. The monoisotopic (exact) mass is 209 g/mol. The zero-order valence-electron chi connectivity index (χ0n) is 7.47. The van der Waals surface area contributed by atoms with Gasteiger partial charge in [-0.15, -0.1) is 0 Å². The Morgan fingerprint density at radius 1 is 1.57 bits per heavy atom. The standard InChI is InChI=1S/C10H11NO2S/c11-8-4-3-7(2-1-5-14)9(6-8)10(12)13/h1-4,6,14H,5,11H2,(H,12,13). The summed E-state index contributed by atoms with van der Waals surface area (Å²) in [6.07, 6.45) is 3.50. The molecular formula is C10H11NO2S. The number of hydrogen-bond donors (Lipinski definition) is 3. The van der Waals surface area contributed by atoms with Gasteiger partial charge in [-0.3, -0.25) is 0 Å². The van der Waals surface area contributed by atoms with E-state index in [-0.39, 0.29) is 5.56 Å². The molecule has 3 nitrogen and oxygen atoms in total. The van der Waals surface area contributed by atoms with E-state index < -0.39 is 5.97 Å². The lowest BCUT2D eigenvalue weighted by molar-refractivity contribution is 0.0696. The molecular weight excluding hydrogens is 198 g/mol. The van der Waals surface area contributed by atoms with Crippen molar-refractivity contribution in [2.45, 2.75) is 0 Å². The van der Waals surface area contributed by atoms with Gasteiger partial charge in [-0.25, -0.2) is 4.79 Å². The fraction of sp³-hybridized carbons (Fsp3) is 0.100. The molecule has 0 aliphatic rings. The first-order chi connectivity index (χ1) is 6.65. The van der Waals surface area contributed by atoms with E-state index in [4.69, 9.17) is 10.8 Å². The average molecular weight is 209 g/mol. The van der Waals surface area contributed by atoms with Gasteiger partial charge in [0.2, 0.25) is 0 Å². The van der Waals surface area contributed by atoms with E-state index >= 15 is 0 Å². The van der Waals surface area contributed by atoms with Gasteiger partial charge in [0.1, 0.15) is 0 Å². The molecule has 4 heteroatoms. The number of carboxylic acids is 1. The Kier molecular flexibility index (Phi) is 3.59. The number of carboxylic acid groups (broad SMARTS) is 1. The lowest BCUT2D eigenvalue weighted by Gasteiger charge is -2.01. The van der Waals surface area contributed by atoms with Gasteiger partial charge < -0.3 is 10.8 Å². The molecule has 74 valence electrons. The van der Waals surface area contributed by atoms with Gasteiger partial charge in [0.15, 0.2) is 0 Å². The molecule has 0 bridgehead atoms. The fourth-order valence-electron chi connectivity index (χ4n) is 1.08. The van der Waals surface area contributed by atoms with Crippen molar-refractivity contribution in [3.63, 3.8) is 0 Å². The third-order valence-corrected chi connectivity index (χ3v) is 1.92. The van der Waals surface area contributed by atoms with Gasteiger partial charge in [-0.1, -0.05) is 18.2 Å². The number of aromatic carboxylic acids is 1. The smallest absolute Gasteiger partial charge is 0.336 e. The first-order valence-corrected chi connectivity index (χ1v) is 4.68. The Morgan fingerprint density at radius 3 is 2.86 bits per heavy atom. The second kappa shape index (κ2) is 4.72. The zero-order valence-corrected chi connectivity index (χ0v) is 8.37. The van der Waals surface area contributed by atoms with E-state index in [9.17, 15) is 4.79 Å². The second-order valence-corrected chi connectivity index (χ2v) is 3.10. The van der Waals surface area contributed by atoms with Crippen LogP contribution in [0.4, 0.5) is 5.69 Å². The number of hydrogen-bond acceptors (Lipinski definition) is 3. The van der Waals surface area contributed by atoms with Crippen molar-refractivity contribution >= 4 is 30.4 Å². The summed E-state index contributed by atoms with van der Waals surface area (Å²) in [5, 5.41) is 8.88. The van der Waals surface area contributed by atoms with Crippen LogP contribution in [0.15, 0.2) is 24.3 Å².